The Morgan fingerprint density at radius 1 is 0.694 bits per heavy atom. The maximum atomic E-state index is 5.11. The lowest BCUT2D eigenvalue weighted by molar-refractivity contribution is 0.555. The van der Waals surface area contributed by atoms with Crippen molar-refractivity contribution in [3.05, 3.63) is 113 Å². The van der Waals surface area contributed by atoms with E-state index in [0.717, 1.165) is 11.3 Å². The monoisotopic (exact) mass is 470 g/mol. The average Bonchev–Trinajstić information content (AvgIpc) is 3.35. The number of aryl methyl sites for hydroxylation is 2. The van der Waals surface area contributed by atoms with Crippen molar-refractivity contribution in [1.29, 1.82) is 0 Å². The summed E-state index contributed by atoms with van der Waals surface area (Å²) < 4.78 is 2.28. The van der Waals surface area contributed by atoms with E-state index in [2.05, 4.69) is 131 Å². The minimum Gasteiger partial charge on any atom is -0.331 e. The van der Waals surface area contributed by atoms with Gasteiger partial charge in [0.15, 0.2) is 0 Å². The highest BCUT2D eigenvalue weighted by atomic mass is 15.1. The smallest absolute Gasteiger partial charge is 0.113 e. The fourth-order valence-corrected chi connectivity index (χ4v) is 6.54. The van der Waals surface area contributed by atoms with Gasteiger partial charge in [0, 0.05) is 18.4 Å². The van der Waals surface area contributed by atoms with Crippen LogP contribution in [-0.4, -0.2) is 9.55 Å². The van der Waals surface area contributed by atoms with Crippen LogP contribution < -0.4 is 0 Å². The van der Waals surface area contributed by atoms with Crippen molar-refractivity contribution in [2.45, 2.75) is 51.9 Å². The number of fused-ring (bicyclic) bond motifs is 4. The molecule has 1 aromatic heterocycles. The Hall–Kier alpha value is -3.65. The summed E-state index contributed by atoms with van der Waals surface area (Å²) in [5, 5.41) is 0. The van der Waals surface area contributed by atoms with Gasteiger partial charge in [-0.15, -0.1) is 0 Å². The second-order valence-corrected chi connectivity index (χ2v) is 11.0. The molecule has 2 atom stereocenters. The number of imidazole rings is 1. The molecule has 2 nitrogen and oxygen atoms in total. The van der Waals surface area contributed by atoms with E-state index in [1.54, 1.807) is 0 Å². The van der Waals surface area contributed by atoms with E-state index in [9.17, 15) is 0 Å². The van der Waals surface area contributed by atoms with Crippen LogP contribution in [0.4, 0.5) is 0 Å². The van der Waals surface area contributed by atoms with Crippen LogP contribution >= 0.6 is 0 Å². The third-order valence-electron chi connectivity index (χ3n) is 8.63. The number of nitrogens with zero attached hydrogens (tertiary/aromatic N) is 2. The summed E-state index contributed by atoms with van der Waals surface area (Å²) in [4.78, 5) is 5.11. The van der Waals surface area contributed by atoms with Crippen LogP contribution in [0.5, 0.6) is 0 Å². The molecular weight excluding hydrogens is 436 g/mol. The van der Waals surface area contributed by atoms with Crippen molar-refractivity contribution >= 4 is 11.0 Å². The molecule has 0 radical (unpaired) electrons. The number of aromatic nitrogens is 2. The van der Waals surface area contributed by atoms with Gasteiger partial charge in [0.25, 0.3) is 0 Å². The number of hydrogen-bond donors (Lipinski definition) is 0. The molecule has 0 aliphatic heterocycles. The molecule has 0 N–H and O–H groups in total. The van der Waals surface area contributed by atoms with E-state index in [0.29, 0.717) is 0 Å². The number of rotatable bonds is 4. The van der Waals surface area contributed by atoms with Gasteiger partial charge in [-0.05, 0) is 69.5 Å². The second kappa shape index (κ2) is 8.20. The van der Waals surface area contributed by atoms with Crippen LogP contribution in [0.3, 0.4) is 0 Å². The highest BCUT2D eigenvalue weighted by molar-refractivity contribution is 5.87. The highest BCUT2D eigenvalue weighted by Crippen LogP contribution is 2.54. The lowest BCUT2D eigenvalue weighted by atomic mass is 9.72. The minimum absolute atomic E-state index is 0.0692. The summed E-state index contributed by atoms with van der Waals surface area (Å²) >= 11 is 0. The zero-order valence-electron chi connectivity index (χ0n) is 22.1. The molecule has 0 bridgehead atoms. The molecule has 0 fully saturated rings. The van der Waals surface area contributed by atoms with Crippen LogP contribution in [-0.2, 0) is 12.5 Å². The molecule has 36 heavy (non-hydrogen) atoms. The van der Waals surface area contributed by atoms with Crippen molar-refractivity contribution in [2.24, 2.45) is 7.05 Å². The minimum atomic E-state index is -0.0692. The molecule has 0 amide bonds. The SMILES string of the molecule is Cc1ccccc1-c1ccc2c(c1C(C)C(C)c1nc3ccccc3n1C)C(C)(C)c1ccccc1-2. The molecule has 6 rings (SSSR count). The summed E-state index contributed by atoms with van der Waals surface area (Å²) in [7, 11) is 2.16. The van der Waals surface area contributed by atoms with Crippen LogP contribution in [0.25, 0.3) is 33.3 Å². The summed E-state index contributed by atoms with van der Waals surface area (Å²) in [6.07, 6.45) is 0. The molecule has 2 unspecified atom stereocenters. The van der Waals surface area contributed by atoms with Crippen molar-refractivity contribution in [3.8, 4) is 22.3 Å². The number of benzene rings is 4. The van der Waals surface area contributed by atoms with Gasteiger partial charge in [0.05, 0.1) is 11.0 Å². The van der Waals surface area contributed by atoms with E-state index in [1.165, 1.54) is 50.0 Å². The Kier molecular flexibility index (Phi) is 5.19. The molecule has 1 heterocycles. The van der Waals surface area contributed by atoms with Gasteiger partial charge in [0.2, 0.25) is 0 Å². The molecule has 1 aliphatic carbocycles. The van der Waals surface area contributed by atoms with Gasteiger partial charge < -0.3 is 4.57 Å². The van der Waals surface area contributed by atoms with Gasteiger partial charge >= 0.3 is 0 Å². The molecular formula is C34H34N2. The van der Waals surface area contributed by atoms with E-state index >= 15 is 0 Å². The standard InChI is InChI=1S/C34H34N2/c1-21-13-7-8-14-24(21)26-19-20-27-25-15-9-10-16-28(25)34(4,5)32(27)31(26)22(2)23(3)33-35-29-17-11-12-18-30(29)36(33)6/h7-20,22-23H,1-6H3. The van der Waals surface area contributed by atoms with Crippen molar-refractivity contribution in [2.75, 3.05) is 0 Å². The summed E-state index contributed by atoms with van der Waals surface area (Å²) in [5.41, 5.74) is 13.3. The average molecular weight is 471 g/mol. The van der Waals surface area contributed by atoms with Crippen LogP contribution in [0, 0.1) is 6.92 Å². The maximum Gasteiger partial charge on any atom is 0.113 e. The van der Waals surface area contributed by atoms with Gasteiger partial charge in [0.1, 0.15) is 5.82 Å². The second-order valence-electron chi connectivity index (χ2n) is 11.0. The van der Waals surface area contributed by atoms with Gasteiger partial charge in [-0.25, -0.2) is 4.98 Å². The molecule has 0 saturated carbocycles. The first-order chi connectivity index (χ1) is 17.3. The first-order valence-electron chi connectivity index (χ1n) is 13.0. The molecule has 0 saturated heterocycles. The van der Waals surface area contributed by atoms with Crippen molar-refractivity contribution in [1.82, 2.24) is 9.55 Å². The van der Waals surface area contributed by atoms with Gasteiger partial charge in [-0.3, -0.25) is 0 Å². The maximum absolute atomic E-state index is 5.11. The molecule has 2 heteroatoms. The van der Waals surface area contributed by atoms with E-state index in [4.69, 9.17) is 4.98 Å². The van der Waals surface area contributed by atoms with Crippen molar-refractivity contribution in [3.63, 3.8) is 0 Å². The van der Waals surface area contributed by atoms with Gasteiger partial charge in [-0.1, -0.05) is 100 Å². The van der Waals surface area contributed by atoms with E-state index in [1.807, 2.05) is 0 Å². The van der Waals surface area contributed by atoms with Crippen molar-refractivity contribution < 1.29 is 0 Å². The van der Waals surface area contributed by atoms with Crippen LogP contribution in [0.1, 0.15) is 67.6 Å². The first-order valence-corrected chi connectivity index (χ1v) is 13.0. The summed E-state index contributed by atoms with van der Waals surface area (Å²) in [5.74, 6) is 1.67. The zero-order valence-corrected chi connectivity index (χ0v) is 22.1. The highest BCUT2D eigenvalue weighted by Gasteiger charge is 2.40. The lowest BCUT2D eigenvalue weighted by Gasteiger charge is -2.31. The summed E-state index contributed by atoms with van der Waals surface area (Å²) in [6.45, 7) is 11.8. The van der Waals surface area contributed by atoms with Crippen LogP contribution in [0.2, 0.25) is 0 Å². The molecule has 0 spiro atoms. The predicted octanol–water partition coefficient (Wildman–Crippen LogP) is 8.76. The van der Waals surface area contributed by atoms with Crippen LogP contribution in [0.15, 0.2) is 84.9 Å². The fraction of sp³-hybridized carbons (Fsp3) is 0.265. The molecule has 4 aromatic carbocycles. The van der Waals surface area contributed by atoms with E-state index in [-0.39, 0.29) is 17.3 Å². The predicted molar refractivity (Wildman–Crippen MR) is 152 cm³/mol. The Bertz CT molecular complexity index is 1620. The largest absolute Gasteiger partial charge is 0.331 e. The fourth-order valence-electron chi connectivity index (χ4n) is 6.54. The topological polar surface area (TPSA) is 17.8 Å². The van der Waals surface area contributed by atoms with Gasteiger partial charge in [-0.2, -0.15) is 0 Å². The normalized spacial score (nSPS) is 15.5. The first kappa shape index (κ1) is 22.8. The number of hydrogen-bond acceptors (Lipinski definition) is 1. The lowest BCUT2D eigenvalue weighted by Crippen LogP contribution is -2.21. The quantitative estimate of drug-likeness (QED) is 0.257. The Morgan fingerprint density at radius 2 is 1.33 bits per heavy atom. The number of para-hydroxylation sites is 2. The van der Waals surface area contributed by atoms with E-state index < -0.39 is 0 Å². The Labute approximate surface area is 214 Å². The molecule has 180 valence electrons. The Morgan fingerprint density at radius 3 is 2.08 bits per heavy atom. The zero-order chi connectivity index (χ0) is 25.2. The molecule has 5 aromatic rings. The summed E-state index contributed by atoms with van der Waals surface area (Å²) in [6, 6.07) is 31.0. The molecule has 1 aliphatic rings. The third-order valence-corrected chi connectivity index (χ3v) is 8.63. The Balaban J connectivity index is 1.61. The third kappa shape index (κ3) is 3.20.